The lowest BCUT2D eigenvalue weighted by molar-refractivity contribution is 0.0123. The molecule has 0 bridgehead atoms. The van der Waals surface area contributed by atoms with Crippen molar-refractivity contribution < 1.29 is 13.2 Å². The fraction of sp³-hybridized carbons (Fsp3) is 0.538. The molecule has 0 spiro atoms. The third-order valence-electron chi connectivity index (χ3n) is 3.28. The molecule has 0 amide bonds. The highest BCUT2D eigenvalue weighted by atomic mass is 35.5. The summed E-state index contributed by atoms with van der Waals surface area (Å²) < 4.78 is 32.4. The Bertz CT molecular complexity index is 557. The number of halogens is 1. The van der Waals surface area contributed by atoms with Crippen LogP contribution in [0.3, 0.4) is 0 Å². The maximum Gasteiger partial charge on any atom is 0.242 e. The predicted molar refractivity (Wildman–Crippen MR) is 79.3 cm³/mol. The molecule has 5 nitrogen and oxygen atoms in total. The summed E-state index contributed by atoms with van der Waals surface area (Å²) in [6.07, 6.45) is 4.02. The molecule has 1 saturated heterocycles. The van der Waals surface area contributed by atoms with Gasteiger partial charge in [-0.3, -0.25) is 0 Å². The fourth-order valence-electron chi connectivity index (χ4n) is 2.19. The lowest BCUT2D eigenvalue weighted by Gasteiger charge is -2.22. The van der Waals surface area contributed by atoms with Crippen molar-refractivity contribution in [3.05, 3.63) is 23.2 Å². The van der Waals surface area contributed by atoms with Gasteiger partial charge in [-0.05, 0) is 43.9 Å². The van der Waals surface area contributed by atoms with Gasteiger partial charge in [0, 0.05) is 18.8 Å². The highest BCUT2D eigenvalue weighted by Crippen LogP contribution is 2.23. The van der Waals surface area contributed by atoms with Crippen molar-refractivity contribution in [2.45, 2.75) is 36.7 Å². The first-order valence-electron chi connectivity index (χ1n) is 6.65. The van der Waals surface area contributed by atoms with Gasteiger partial charge in [-0.25, -0.2) is 13.1 Å². The van der Waals surface area contributed by atoms with Crippen molar-refractivity contribution >= 4 is 27.3 Å². The van der Waals surface area contributed by atoms with Crippen molar-refractivity contribution in [1.82, 2.24) is 4.72 Å². The zero-order chi connectivity index (χ0) is 14.6. The van der Waals surface area contributed by atoms with E-state index in [1.54, 1.807) is 6.07 Å². The van der Waals surface area contributed by atoms with Crippen LogP contribution in [0.2, 0.25) is 5.02 Å². The topological polar surface area (TPSA) is 81.4 Å². The number of nitrogen functional groups attached to an aromatic ring is 1. The molecule has 1 atom stereocenters. The van der Waals surface area contributed by atoms with Crippen LogP contribution in [0.15, 0.2) is 23.1 Å². The van der Waals surface area contributed by atoms with E-state index in [9.17, 15) is 8.42 Å². The van der Waals surface area contributed by atoms with Gasteiger partial charge in [0.05, 0.1) is 11.1 Å². The highest BCUT2D eigenvalue weighted by molar-refractivity contribution is 7.89. The third kappa shape index (κ3) is 4.09. The Balaban J connectivity index is 1.95. The number of rotatable bonds is 5. The molecule has 0 aromatic heterocycles. The molecule has 3 N–H and O–H groups in total. The molecule has 0 saturated carbocycles. The highest BCUT2D eigenvalue weighted by Gasteiger charge is 2.19. The van der Waals surface area contributed by atoms with Gasteiger partial charge < -0.3 is 10.5 Å². The van der Waals surface area contributed by atoms with Crippen LogP contribution in [0.25, 0.3) is 0 Å². The second-order valence-corrected chi connectivity index (χ2v) is 7.01. The average molecular weight is 319 g/mol. The second-order valence-electron chi connectivity index (χ2n) is 4.86. The van der Waals surface area contributed by atoms with Gasteiger partial charge >= 0.3 is 0 Å². The van der Waals surface area contributed by atoms with Crippen LogP contribution in [0.5, 0.6) is 0 Å². The minimum absolute atomic E-state index is 0.0173. The van der Waals surface area contributed by atoms with E-state index in [2.05, 4.69) is 4.72 Å². The molecule has 1 aliphatic rings. The largest absolute Gasteiger partial charge is 0.399 e. The number of nitrogens with two attached hydrogens (primary N) is 1. The first kappa shape index (κ1) is 15.6. The van der Waals surface area contributed by atoms with Gasteiger partial charge in [0.25, 0.3) is 0 Å². The molecule has 0 radical (unpaired) electrons. The molecule has 7 heteroatoms. The Morgan fingerprint density at radius 1 is 1.40 bits per heavy atom. The number of hydrogen-bond acceptors (Lipinski definition) is 4. The Morgan fingerprint density at radius 2 is 2.20 bits per heavy atom. The first-order chi connectivity index (χ1) is 9.49. The van der Waals surface area contributed by atoms with E-state index in [4.69, 9.17) is 22.1 Å². The zero-order valence-electron chi connectivity index (χ0n) is 11.1. The molecule has 1 aromatic carbocycles. The Kier molecular flexibility index (Phi) is 5.26. The summed E-state index contributed by atoms with van der Waals surface area (Å²) in [5.74, 6) is 0. The standard InChI is InChI=1S/C13H19ClN2O3S/c14-12-5-4-10(15)9-13(12)20(17,18)16-7-6-11-3-1-2-8-19-11/h4-5,9,11,16H,1-3,6-8,15H2. The molecule has 1 aromatic rings. The number of nitrogens with one attached hydrogen (secondary N) is 1. The van der Waals surface area contributed by atoms with Gasteiger partial charge in [0.1, 0.15) is 4.90 Å². The van der Waals surface area contributed by atoms with Gasteiger partial charge in [0.2, 0.25) is 10.0 Å². The molecular weight excluding hydrogens is 300 g/mol. The quantitative estimate of drug-likeness (QED) is 0.815. The average Bonchev–Trinajstić information content (AvgIpc) is 2.42. The van der Waals surface area contributed by atoms with E-state index in [-0.39, 0.29) is 16.0 Å². The van der Waals surface area contributed by atoms with Crippen molar-refractivity contribution in [3.63, 3.8) is 0 Å². The summed E-state index contributed by atoms with van der Waals surface area (Å²) in [5.41, 5.74) is 5.96. The van der Waals surface area contributed by atoms with Crippen LogP contribution >= 0.6 is 11.6 Å². The van der Waals surface area contributed by atoms with Crippen LogP contribution in [0.4, 0.5) is 5.69 Å². The first-order valence-corrected chi connectivity index (χ1v) is 8.51. The van der Waals surface area contributed by atoms with Crippen LogP contribution in [0, 0.1) is 0 Å². The molecule has 0 aliphatic carbocycles. The normalized spacial score (nSPS) is 19.9. The molecule has 1 aliphatic heterocycles. The number of ether oxygens (including phenoxy) is 1. The van der Waals surface area contributed by atoms with E-state index in [1.165, 1.54) is 12.1 Å². The van der Waals surface area contributed by atoms with Crippen LogP contribution in [-0.4, -0.2) is 27.7 Å². The third-order valence-corrected chi connectivity index (χ3v) is 5.22. The van der Waals surface area contributed by atoms with Crippen molar-refractivity contribution in [1.29, 1.82) is 0 Å². The molecule has 1 fully saturated rings. The minimum Gasteiger partial charge on any atom is -0.399 e. The van der Waals surface area contributed by atoms with E-state index in [0.29, 0.717) is 18.7 Å². The monoisotopic (exact) mass is 318 g/mol. The van der Waals surface area contributed by atoms with E-state index >= 15 is 0 Å². The molecule has 112 valence electrons. The molecule has 2 rings (SSSR count). The van der Waals surface area contributed by atoms with E-state index in [1.807, 2.05) is 0 Å². The summed E-state index contributed by atoms with van der Waals surface area (Å²) in [5, 5.41) is 0.167. The van der Waals surface area contributed by atoms with Crippen molar-refractivity contribution in [2.24, 2.45) is 0 Å². The van der Waals surface area contributed by atoms with E-state index < -0.39 is 10.0 Å². The van der Waals surface area contributed by atoms with Gasteiger partial charge in [-0.1, -0.05) is 11.6 Å². The number of benzene rings is 1. The van der Waals surface area contributed by atoms with Gasteiger partial charge in [0.15, 0.2) is 0 Å². The van der Waals surface area contributed by atoms with Gasteiger partial charge in [-0.2, -0.15) is 0 Å². The SMILES string of the molecule is Nc1ccc(Cl)c(S(=O)(=O)NCCC2CCCCO2)c1. The van der Waals surface area contributed by atoms with E-state index in [0.717, 1.165) is 25.9 Å². The molecular formula is C13H19ClN2O3S. The smallest absolute Gasteiger partial charge is 0.242 e. The van der Waals surface area contributed by atoms with Crippen LogP contribution in [-0.2, 0) is 14.8 Å². The van der Waals surface area contributed by atoms with Crippen LogP contribution in [0.1, 0.15) is 25.7 Å². The number of hydrogen-bond donors (Lipinski definition) is 2. The summed E-state index contributed by atoms with van der Waals surface area (Å²) in [6.45, 7) is 1.09. The fourth-order valence-corrected chi connectivity index (χ4v) is 3.77. The maximum atomic E-state index is 12.2. The number of sulfonamides is 1. The van der Waals surface area contributed by atoms with Crippen molar-refractivity contribution in [2.75, 3.05) is 18.9 Å². The zero-order valence-corrected chi connectivity index (χ0v) is 12.7. The lowest BCUT2D eigenvalue weighted by Crippen LogP contribution is -2.29. The minimum atomic E-state index is -3.63. The Labute approximate surface area is 124 Å². The van der Waals surface area contributed by atoms with Crippen LogP contribution < -0.4 is 10.5 Å². The van der Waals surface area contributed by atoms with Gasteiger partial charge in [-0.15, -0.1) is 0 Å². The lowest BCUT2D eigenvalue weighted by atomic mass is 10.1. The second kappa shape index (κ2) is 6.76. The predicted octanol–water partition coefficient (Wildman–Crippen LogP) is 2.16. The van der Waals surface area contributed by atoms with Crippen molar-refractivity contribution in [3.8, 4) is 0 Å². The summed E-state index contributed by atoms with van der Waals surface area (Å²) in [7, 11) is -3.63. The molecule has 1 heterocycles. The molecule has 1 unspecified atom stereocenters. The Morgan fingerprint density at radius 3 is 2.90 bits per heavy atom. The molecule has 20 heavy (non-hydrogen) atoms. The maximum absolute atomic E-state index is 12.2. The summed E-state index contributed by atoms with van der Waals surface area (Å²) in [6, 6.07) is 4.41. The number of anilines is 1. The Hall–Kier alpha value is -0.820. The summed E-state index contributed by atoms with van der Waals surface area (Å²) >= 11 is 5.91. The summed E-state index contributed by atoms with van der Waals surface area (Å²) in [4.78, 5) is 0.0173.